The highest BCUT2D eigenvalue weighted by atomic mass is 32.1. The van der Waals surface area contributed by atoms with Crippen LogP contribution in [0.15, 0.2) is 16.9 Å². The van der Waals surface area contributed by atoms with E-state index in [1.807, 2.05) is 17.4 Å². The number of aryl methyl sites for hydroxylation is 2. The summed E-state index contributed by atoms with van der Waals surface area (Å²) < 4.78 is 4.35. The summed E-state index contributed by atoms with van der Waals surface area (Å²) in [5.74, 6) is 0.637. The largest absolute Gasteiger partial charge is 0.353 e. The van der Waals surface area contributed by atoms with Gasteiger partial charge >= 0.3 is 0 Å². The second-order valence-corrected chi connectivity index (χ2v) is 10.6. The monoisotopic (exact) mass is 471 g/mol. The van der Waals surface area contributed by atoms with E-state index in [4.69, 9.17) is 0 Å². The number of hydrogen-bond acceptors (Lipinski definition) is 5. The molecule has 0 spiro atoms. The Bertz CT molecular complexity index is 1170. The molecule has 1 aliphatic carbocycles. The van der Waals surface area contributed by atoms with Gasteiger partial charge < -0.3 is 5.32 Å². The van der Waals surface area contributed by atoms with Gasteiger partial charge in [-0.3, -0.25) is 18.9 Å². The van der Waals surface area contributed by atoms with E-state index in [0.29, 0.717) is 30.6 Å². The molecule has 1 atom stereocenters. The van der Waals surface area contributed by atoms with Crippen molar-refractivity contribution in [3.63, 3.8) is 0 Å². The van der Waals surface area contributed by atoms with Crippen molar-refractivity contribution in [3.8, 4) is 0 Å². The van der Waals surface area contributed by atoms with Crippen molar-refractivity contribution in [1.29, 1.82) is 0 Å². The van der Waals surface area contributed by atoms with E-state index >= 15 is 0 Å². The van der Waals surface area contributed by atoms with Crippen molar-refractivity contribution in [2.24, 2.45) is 0 Å². The summed E-state index contributed by atoms with van der Waals surface area (Å²) in [6.45, 7) is 10.00. The molecule has 1 amide bonds. The van der Waals surface area contributed by atoms with Gasteiger partial charge in [-0.1, -0.05) is 33.1 Å². The van der Waals surface area contributed by atoms with Gasteiger partial charge in [-0.25, -0.2) is 4.68 Å². The molecule has 3 aromatic rings. The van der Waals surface area contributed by atoms with Gasteiger partial charge in [-0.05, 0) is 45.2 Å². The Morgan fingerprint density at radius 2 is 2.00 bits per heavy atom. The van der Waals surface area contributed by atoms with Crippen LogP contribution in [0, 0.1) is 6.92 Å². The summed E-state index contributed by atoms with van der Waals surface area (Å²) >= 11 is 1.67. The topological polar surface area (TPSA) is 71.6 Å². The Morgan fingerprint density at radius 1 is 1.24 bits per heavy atom. The number of rotatable bonds is 9. The van der Waals surface area contributed by atoms with E-state index in [1.165, 1.54) is 41.7 Å². The Morgan fingerprint density at radius 3 is 2.70 bits per heavy atom. The van der Waals surface area contributed by atoms with Crippen LogP contribution >= 0.6 is 11.3 Å². The van der Waals surface area contributed by atoms with E-state index in [-0.39, 0.29) is 18.0 Å². The predicted octanol–water partition coefficient (Wildman–Crippen LogP) is 4.13. The number of hydrogen-bond donors (Lipinski definition) is 1. The molecule has 3 aromatic heterocycles. The van der Waals surface area contributed by atoms with Crippen LogP contribution in [0.2, 0.25) is 0 Å². The summed E-state index contributed by atoms with van der Waals surface area (Å²) in [7, 11) is 0. The maximum absolute atomic E-state index is 13.1. The molecule has 3 heterocycles. The van der Waals surface area contributed by atoms with Gasteiger partial charge in [0.1, 0.15) is 17.9 Å². The molecule has 0 aliphatic heterocycles. The minimum Gasteiger partial charge on any atom is -0.353 e. The number of thiophene rings is 1. The zero-order valence-electron chi connectivity index (χ0n) is 20.4. The van der Waals surface area contributed by atoms with Gasteiger partial charge in [0, 0.05) is 36.5 Å². The van der Waals surface area contributed by atoms with Crippen LogP contribution in [-0.4, -0.2) is 50.2 Å². The SMILES string of the molecule is CCc1nn(CC(=O)NCCN(C(C)CC)C2CCCCC2)c(=O)c2cc3sc(C)cc3n12. The van der Waals surface area contributed by atoms with Crippen LogP contribution in [0.3, 0.4) is 0 Å². The molecule has 1 N–H and O–H groups in total. The van der Waals surface area contributed by atoms with Crippen LogP contribution in [0.1, 0.15) is 70.0 Å². The number of fused-ring (bicyclic) bond motifs is 3. The fourth-order valence-electron chi connectivity index (χ4n) is 5.18. The standard InChI is InChI=1S/C25H37N5O2S/c1-5-17(3)28(19-10-8-7-9-11-19)13-12-26-24(31)16-29-25(32)21-15-22-20(14-18(4)33-22)30(21)23(6-2)27-29/h14-15,17,19H,5-13,16H2,1-4H3,(H,26,31). The molecule has 180 valence electrons. The lowest BCUT2D eigenvalue weighted by molar-refractivity contribution is -0.122. The van der Waals surface area contributed by atoms with Crippen LogP contribution in [0.5, 0.6) is 0 Å². The molecule has 1 aliphatic rings. The molecular weight excluding hydrogens is 434 g/mol. The average molecular weight is 472 g/mol. The molecule has 0 saturated heterocycles. The van der Waals surface area contributed by atoms with Crippen molar-refractivity contribution < 1.29 is 4.79 Å². The van der Waals surface area contributed by atoms with Crippen LogP contribution in [-0.2, 0) is 17.8 Å². The van der Waals surface area contributed by atoms with Gasteiger partial charge in [-0.15, -0.1) is 11.3 Å². The first-order valence-electron chi connectivity index (χ1n) is 12.5. The molecule has 1 saturated carbocycles. The Hall–Kier alpha value is -2.19. The third-order valence-corrected chi connectivity index (χ3v) is 8.05. The van der Waals surface area contributed by atoms with Crippen LogP contribution in [0.25, 0.3) is 15.7 Å². The Kier molecular flexibility index (Phi) is 7.54. The lowest BCUT2D eigenvalue weighted by atomic mass is 9.93. The molecule has 4 rings (SSSR count). The maximum atomic E-state index is 13.1. The van der Waals surface area contributed by atoms with Gasteiger partial charge in [0.05, 0.1) is 10.2 Å². The van der Waals surface area contributed by atoms with E-state index in [0.717, 1.165) is 29.0 Å². The summed E-state index contributed by atoms with van der Waals surface area (Å²) in [5, 5.41) is 7.59. The van der Waals surface area contributed by atoms with Crippen LogP contribution < -0.4 is 10.9 Å². The molecule has 0 bridgehead atoms. The summed E-state index contributed by atoms with van der Waals surface area (Å²) in [6.07, 6.45) is 8.25. The molecule has 0 radical (unpaired) electrons. The van der Waals surface area contributed by atoms with Gasteiger partial charge in [0.25, 0.3) is 5.56 Å². The van der Waals surface area contributed by atoms with Gasteiger partial charge in [0.2, 0.25) is 5.91 Å². The highest BCUT2D eigenvalue weighted by molar-refractivity contribution is 7.19. The quantitative estimate of drug-likeness (QED) is 0.509. The van der Waals surface area contributed by atoms with E-state index in [2.05, 4.69) is 42.2 Å². The number of carbonyl (C=O) groups excluding carboxylic acids is 1. The number of amides is 1. The van der Waals surface area contributed by atoms with E-state index in [9.17, 15) is 9.59 Å². The van der Waals surface area contributed by atoms with Crippen molar-refractivity contribution >= 4 is 33.0 Å². The molecule has 0 aromatic carbocycles. The molecule has 33 heavy (non-hydrogen) atoms. The smallest absolute Gasteiger partial charge is 0.291 e. The normalized spacial score (nSPS) is 16.2. The summed E-state index contributed by atoms with van der Waals surface area (Å²) in [5.41, 5.74) is 1.40. The van der Waals surface area contributed by atoms with Crippen LogP contribution in [0.4, 0.5) is 0 Å². The van der Waals surface area contributed by atoms with E-state index < -0.39 is 0 Å². The number of nitrogens with one attached hydrogen (secondary N) is 1. The highest BCUT2D eigenvalue weighted by Crippen LogP contribution is 2.28. The predicted molar refractivity (Wildman–Crippen MR) is 135 cm³/mol. The first-order valence-corrected chi connectivity index (χ1v) is 13.3. The number of nitrogens with zero attached hydrogens (tertiary/aromatic N) is 4. The number of aromatic nitrogens is 3. The zero-order valence-corrected chi connectivity index (χ0v) is 21.2. The average Bonchev–Trinajstić information content (AvgIpc) is 3.35. The summed E-state index contributed by atoms with van der Waals surface area (Å²) in [6, 6.07) is 5.16. The van der Waals surface area contributed by atoms with Crippen molar-refractivity contribution in [3.05, 3.63) is 33.2 Å². The highest BCUT2D eigenvalue weighted by Gasteiger charge is 2.24. The lowest BCUT2D eigenvalue weighted by Gasteiger charge is -2.38. The summed E-state index contributed by atoms with van der Waals surface area (Å²) in [4.78, 5) is 29.6. The fourth-order valence-corrected chi connectivity index (χ4v) is 6.12. The first kappa shape index (κ1) is 24.0. The van der Waals surface area contributed by atoms with Crippen molar-refractivity contribution in [2.45, 2.75) is 91.3 Å². The second-order valence-electron chi connectivity index (χ2n) is 9.34. The molecule has 1 fully saturated rings. The molecule has 1 unspecified atom stereocenters. The second kappa shape index (κ2) is 10.4. The van der Waals surface area contributed by atoms with Crippen molar-refractivity contribution in [1.82, 2.24) is 24.4 Å². The van der Waals surface area contributed by atoms with Gasteiger partial charge in [0.15, 0.2) is 0 Å². The van der Waals surface area contributed by atoms with Gasteiger partial charge in [-0.2, -0.15) is 5.10 Å². The molecular formula is C25H37N5O2S. The third kappa shape index (κ3) is 5.01. The Balaban J connectivity index is 1.45. The molecule has 7 nitrogen and oxygen atoms in total. The lowest BCUT2D eigenvalue weighted by Crippen LogP contribution is -2.47. The number of carbonyl (C=O) groups is 1. The minimum atomic E-state index is -0.216. The fraction of sp³-hybridized carbons (Fsp3) is 0.640. The minimum absolute atomic E-state index is 0.0487. The Labute approximate surface area is 199 Å². The molecule has 8 heteroatoms. The van der Waals surface area contributed by atoms with Crippen molar-refractivity contribution in [2.75, 3.05) is 13.1 Å². The van der Waals surface area contributed by atoms with E-state index in [1.54, 1.807) is 11.3 Å². The first-order chi connectivity index (χ1) is 15.9. The maximum Gasteiger partial charge on any atom is 0.291 e. The third-order valence-electron chi connectivity index (χ3n) is 7.06. The zero-order chi connectivity index (χ0) is 23.5.